The zero-order chi connectivity index (χ0) is 13.0. The van der Waals surface area contributed by atoms with Gasteiger partial charge >= 0.3 is 0 Å². The molecule has 1 aromatic rings. The fourth-order valence-electron chi connectivity index (χ4n) is 2.49. The molecule has 0 amide bonds. The first kappa shape index (κ1) is 13.3. The summed E-state index contributed by atoms with van der Waals surface area (Å²) in [7, 11) is 2.18. The van der Waals surface area contributed by atoms with Gasteiger partial charge in [0, 0.05) is 12.1 Å². The summed E-state index contributed by atoms with van der Waals surface area (Å²) in [5.74, 6) is 0.443. The molecule has 100 valence electrons. The predicted molar refractivity (Wildman–Crippen MR) is 71.5 cm³/mol. The third kappa shape index (κ3) is 3.45. The van der Waals surface area contributed by atoms with Gasteiger partial charge in [-0.1, -0.05) is 12.5 Å². The maximum absolute atomic E-state index is 13.3. The Bertz CT molecular complexity index is 394. The summed E-state index contributed by atoms with van der Waals surface area (Å²) < 4.78 is 19.0. The van der Waals surface area contributed by atoms with E-state index in [9.17, 15) is 4.39 Å². The van der Waals surface area contributed by atoms with E-state index in [2.05, 4.69) is 11.9 Å². The quantitative estimate of drug-likeness (QED) is 0.813. The normalized spacial score (nSPS) is 20.9. The lowest BCUT2D eigenvalue weighted by Crippen LogP contribution is -2.37. The average Bonchev–Trinajstić information content (AvgIpc) is 2.36. The first-order valence-corrected chi connectivity index (χ1v) is 6.76. The van der Waals surface area contributed by atoms with Crippen molar-refractivity contribution >= 4 is 0 Å². The molecule has 0 bridgehead atoms. The number of nitrogens with zero attached hydrogens (tertiary/aromatic N) is 1. The van der Waals surface area contributed by atoms with Crippen molar-refractivity contribution in [3.05, 3.63) is 29.6 Å². The minimum atomic E-state index is -0.192. The highest BCUT2D eigenvalue weighted by atomic mass is 19.1. The number of halogens is 1. The van der Waals surface area contributed by atoms with E-state index in [1.54, 1.807) is 13.0 Å². The van der Waals surface area contributed by atoms with Crippen LogP contribution in [0.15, 0.2) is 18.2 Å². The third-order valence-electron chi connectivity index (χ3n) is 3.78. The van der Waals surface area contributed by atoms with Crippen LogP contribution in [0, 0.1) is 12.7 Å². The van der Waals surface area contributed by atoms with Crippen molar-refractivity contribution in [3.8, 4) is 5.75 Å². The molecular formula is C15H22FNO. The van der Waals surface area contributed by atoms with E-state index in [1.165, 1.54) is 31.9 Å². The number of ether oxygens (including phenoxy) is 1. The lowest BCUT2D eigenvalue weighted by atomic mass is 10.0. The van der Waals surface area contributed by atoms with E-state index in [4.69, 9.17) is 4.74 Å². The highest BCUT2D eigenvalue weighted by Crippen LogP contribution is 2.19. The van der Waals surface area contributed by atoms with Crippen LogP contribution in [-0.4, -0.2) is 31.1 Å². The molecular weight excluding hydrogens is 229 g/mol. The monoisotopic (exact) mass is 251 g/mol. The molecule has 0 aliphatic carbocycles. The summed E-state index contributed by atoms with van der Waals surface area (Å²) in [4.78, 5) is 2.41. The molecule has 1 fully saturated rings. The number of aryl methyl sites for hydroxylation is 1. The fourth-order valence-corrected chi connectivity index (χ4v) is 2.49. The van der Waals surface area contributed by atoms with Crippen LogP contribution in [0.4, 0.5) is 4.39 Å². The van der Waals surface area contributed by atoms with Crippen LogP contribution in [0.1, 0.15) is 31.2 Å². The molecule has 3 heteroatoms. The Kier molecular flexibility index (Phi) is 4.59. The van der Waals surface area contributed by atoms with Crippen LogP contribution in [0.2, 0.25) is 0 Å². The number of hydrogen-bond acceptors (Lipinski definition) is 2. The molecule has 1 saturated heterocycles. The first-order chi connectivity index (χ1) is 8.66. The van der Waals surface area contributed by atoms with Crippen LogP contribution in [0.5, 0.6) is 5.75 Å². The Labute approximate surface area is 109 Å². The van der Waals surface area contributed by atoms with Gasteiger partial charge in [-0.15, -0.1) is 0 Å². The molecule has 0 radical (unpaired) electrons. The van der Waals surface area contributed by atoms with Gasteiger partial charge in [-0.05, 0) is 51.4 Å². The number of benzene rings is 1. The number of rotatable bonds is 4. The van der Waals surface area contributed by atoms with E-state index >= 15 is 0 Å². The van der Waals surface area contributed by atoms with Crippen LogP contribution in [-0.2, 0) is 0 Å². The molecule has 1 unspecified atom stereocenters. The smallest absolute Gasteiger partial charge is 0.129 e. The molecule has 2 nitrogen and oxygen atoms in total. The third-order valence-corrected chi connectivity index (χ3v) is 3.78. The van der Waals surface area contributed by atoms with Gasteiger partial charge in [0.15, 0.2) is 0 Å². The van der Waals surface area contributed by atoms with E-state index in [0.717, 1.165) is 6.42 Å². The number of hydrogen-bond donors (Lipinski definition) is 0. The van der Waals surface area contributed by atoms with Crippen LogP contribution >= 0.6 is 0 Å². The van der Waals surface area contributed by atoms with Crippen molar-refractivity contribution < 1.29 is 9.13 Å². The summed E-state index contributed by atoms with van der Waals surface area (Å²) in [6, 6.07) is 5.69. The number of likely N-dealkylation sites (tertiary alicyclic amines) is 1. The van der Waals surface area contributed by atoms with Crippen LogP contribution in [0.25, 0.3) is 0 Å². The lowest BCUT2D eigenvalue weighted by molar-refractivity contribution is 0.153. The maximum atomic E-state index is 13.3. The van der Waals surface area contributed by atoms with Crippen molar-refractivity contribution in [1.82, 2.24) is 4.90 Å². The Morgan fingerprint density at radius 3 is 2.94 bits per heavy atom. The van der Waals surface area contributed by atoms with Crippen molar-refractivity contribution in [3.63, 3.8) is 0 Å². The molecule has 1 heterocycles. The molecule has 1 aliphatic rings. The summed E-state index contributed by atoms with van der Waals surface area (Å²) in [5.41, 5.74) is 0.661. The summed E-state index contributed by atoms with van der Waals surface area (Å²) >= 11 is 0. The highest BCUT2D eigenvalue weighted by molar-refractivity contribution is 5.27. The lowest BCUT2D eigenvalue weighted by Gasteiger charge is -2.32. The van der Waals surface area contributed by atoms with Gasteiger partial charge < -0.3 is 9.64 Å². The van der Waals surface area contributed by atoms with Gasteiger partial charge in [-0.25, -0.2) is 4.39 Å². The van der Waals surface area contributed by atoms with E-state index in [0.29, 0.717) is 24.0 Å². The fraction of sp³-hybridized carbons (Fsp3) is 0.600. The van der Waals surface area contributed by atoms with E-state index in [-0.39, 0.29) is 5.82 Å². The summed E-state index contributed by atoms with van der Waals surface area (Å²) in [6.07, 6.45) is 4.89. The molecule has 1 aliphatic heterocycles. The highest BCUT2D eigenvalue weighted by Gasteiger charge is 2.18. The molecule has 2 rings (SSSR count). The Balaban J connectivity index is 1.79. The van der Waals surface area contributed by atoms with E-state index in [1.807, 2.05) is 6.07 Å². The van der Waals surface area contributed by atoms with Crippen molar-refractivity contribution in [1.29, 1.82) is 0 Å². The van der Waals surface area contributed by atoms with Gasteiger partial charge in [0.25, 0.3) is 0 Å². The van der Waals surface area contributed by atoms with Crippen molar-refractivity contribution in [2.75, 3.05) is 20.2 Å². The van der Waals surface area contributed by atoms with Crippen LogP contribution in [0.3, 0.4) is 0 Å². The zero-order valence-electron chi connectivity index (χ0n) is 11.3. The van der Waals surface area contributed by atoms with Gasteiger partial charge in [0.05, 0.1) is 6.61 Å². The minimum absolute atomic E-state index is 0.192. The Morgan fingerprint density at radius 2 is 2.22 bits per heavy atom. The Hall–Kier alpha value is -1.09. The zero-order valence-corrected chi connectivity index (χ0v) is 11.3. The molecule has 0 spiro atoms. The minimum Gasteiger partial charge on any atom is -0.493 e. The van der Waals surface area contributed by atoms with E-state index < -0.39 is 0 Å². The largest absolute Gasteiger partial charge is 0.493 e. The van der Waals surface area contributed by atoms with Gasteiger partial charge in [0.1, 0.15) is 11.6 Å². The van der Waals surface area contributed by atoms with Crippen molar-refractivity contribution in [2.45, 2.75) is 38.6 Å². The number of piperidine rings is 1. The molecule has 18 heavy (non-hydrogen) atoms. The van der Waals surface area contributed by atoms with Gasteiger partial charge in [0.2, 0.25) is 0 Å². The molecule has 0 aromatic heterocycles. The molecule has 0 N–H and O–H groups in total. The maximum Gasteiger partial charge on any atom is 0.129 e. The summed E-state index contributed by atoms with van der Waals surface area (Å²) in [5, 5.41) is 0. The van der Waals surface area contributed by atoms with Crippen molar-refractivity contribution in [2.24, 2.45) is 0 Å². The predicted octanol–water partition coefficient (Wildman–Crippen LogP) is 3.39. The first-order valence-electron chi connectivity index (χ1n) is 6.76. The topological polar surface area (TPSA) is 12.5 Å². The second kappa shape index (κ2) is 6.19. The average molecular weight is 251 g/mol. The summed E-state index contributed by atoms with van der Waals surface area (Å²) in [6.45, 7) is 3.61. The van der Waals surface area contributed by atoms with Crippen LogP contribution < -0.4 is 4.74 Å². The van der Waals surface area contributed by atoms with Gasteiger partial charge in [-0.2, -0.15) is 0 Å². The second-order valence-electron chi connectivity index (χ2n) is 5.18. The standard InChI is InChI=1S/C15H22FNO/c1-12-6-7-14(11-15(12)16)18-10-8-13-5-3-4-9-17(13)2/h6-7,11,13H,3-5,8-10H2,1-2H3. The molecule has 1 aromatic carbocycles. The second-order valence-corrected chi connectivity index (χ2v) is 5.18. The Morgan fingerprint density at radius 1 is 1.39 bits per heavy atom. The van der Waals surface area contributed by atoms with Gasteiger partial charge in [-0.3, -0.25) is 0 Å². The SMILES string of the molecule is Cc1ccc(OCCC2CCCCN2C)cc1F. The molecule has 0 saturated carbocycles. The molecule has 1 atom stereocenters.